The van der Waals surface area contributed by atoms with E-state index in [9.17, 15) is 4.79 Å². The first kappa shape index (κ1) is 15.3. The molecule has 0 radical (unpaired) electrons. The second kappa shape index (κ2) is 8.35. The lowest BCUT2D eigenvalue weighted by Gasteiger charge is -2.07. The lowest BCUT2D eigenvalue weighted by atomic mass is 10.1. The van der Waals surface area contributed by atoms with Crippen molar-refractivity contribution in [2.24, 2.45) is 0 Å². The van der Waals surface area contributed by atoms with Crippen LogP contribution in [0.2, 0.25) is 0 Å². The third kappa shape index (κ3) is 6.09. The maximum atomic E-state index is 10.5. The largest absolute Gasteiger partial charge is 0.494 e. The Kier molecular flexibility index (Phi) is 6.72. The molecule has 0 fully saturated rings. The molecule has 3 nitrogen and oxygen atoms in total. The molecule has 0 saturated carbocycles. The van der Waals surface area contributed by atoms with E-state index < -0.39 is 5.97 Å². The van der Waals surface area contributed by atoms with Crippen LogP contribution in [0.1, 0.15) is 45.1 Å². The molecule has 0 saturated heterocycles. The first-order chi connectivity index (χ1) is 9.13. The average Bonchev–Trinajstić information content (AvgIpc) is 2.41. The number of carbonyl (C=O) groups is 1. The summed E-state index contributed by atoms with van der Waals surface area (Å²) in [5, 5.41) is 8.63. The highest BCUT2D eigenvalue weighted by atomic mass is 16.5. The molecule has 0 aliphatic heterocycles. The molecule has 104 valence electrons. The highest BCUT2D eigenvalue weighted by molar-refractivity contribution is 5.73. The molecule has 1 rings (SSSR count). The number of ether oxygens (including phenoxy) is 1. The van der Waals surface area contributed by atoms with Gasteiger partial charge in [-0.1, -0.05) is 38.0 Å². The van der Waals surface area contributed by atoms with Gasteiger partial charge in [-0.15, -0.1) is 0 Å². The van der Waals surface area contributed by atoms with Crippen LogP contribution in [0, 0.1) is 0 Å². The third-order valence-electron chi connectivity index (χ3n) is 2.91. The number of carboxylic acid groups (broad SMARTS) is 1. The Bertz CT molecular complexity index is 418. The highest BCUT2D eigenvalue weighted by Gasteiger charge is 1.99. The van der Waals surface area contributed by atoms with Crippen molar-refractivity contribution in [2.75, 3.05) is 6.61 Å². The van der Waals surface area contributed by atoms with Gasteiger partial charge in [0.25, 0.3) is 0 Å². The van der Waals surface area contributed by atoms with Gasteiger partial charge in [-0.2, -0.15) is 0 Å². The molecule has 0 aliphatic rings. The molecule has 0 aliphatic carbocycles. The Hall–Kier alpha value is -1.77. The lowest BCUT2D eigenvalue weighted by Crippen LogP contribution is -1.97. The standard InChI is InChI=1S/C16H22O3/c1-3-4-5-12-19-15-9-7-14(8-10-15)13(2)6-11-16(17)18/h6-10H,3-5,11-12H2,1-2H3,(H,17,18)/b13-6+. The predicted octanol–water partition coefficient (Wildman–Crippen LogP) is 4.13. The van der Waals surface area contributed by atoms with Crippen LogP contribution in [0.4, 0.5) is 0 Å². The van der Waals surface area contributed by atoms with Gasteiger partial charge < -0.3 is 9.84 Å². The smallest absolute Gasteiger partial charge is 0.307 e. The predicted molar refractivity (Wildman–Crippen MR) is 77.4 cm³/mol. The number of carboxylic acids is 1. The molecule has 0 heterocycles. The van der Waals surface area contributed by atoms with Gasteiger partial charge >= 0.3 is 5.97 Å². The highest BCUT2D eigenvalue weighted by Crippen LogP contribution is 2.19. The number of aliphatic carboxylic acids is 1. The van der Waals surface area contributed by atoms with Crippen molar-refractivity contribution in [1.29, 1.82) is 0 Å². The van der Waals surface area contributed by atoms with Crippen LogP contribution in [-0.2, 0) is 4.79 Å². The summed E-state index contributed by atoms with van der Waals surface area (Å²) in [6, 6.07) is 7.78. The summed E-state index contributed by atoms with van der Waals surface area (Å²) < 4.78 is 5.63. The van der Waals surface area contributed by atoms with E-state index in [1.54, 1.807) is 6.08 Å². The van der Waals surface area contributed by atoms with Crippen molar-refractivity contribution in [2.45, 2.75) is 39.5 Å². The minimum absolute atomic E-state index is 0.0566. The third-order valence-corrected chi connectivity index (χ3v) is 2.91. The fraction of sp³-hybridized carbons (Fsp3) is 0.438. The molecule has 1 aromatic carbocycles. The van der Waals surface area contributed by atoms with Crippen molar-refractivity contribution >= 4 is 11.5 Å². The fourth-order valence-corrected chi connectivity index (χ4v) is 1.71. The van der Waals surface area contributed by atoms with Gasteiger partial charge in [-0.25, -0.2) is 0 Å². The Morgan fingerprint density at radius 1 is 1.26 bits per heavy atom. The molecule has 0 amide bonds. The fourth-order valence-electron chi connectivity index (χ4n) is 1.71. The van der Waals surface area contributed by atoms with Crippen molar-refractivity contribution in [3.05, 3.63) is 35.9 Å². The zero-order valence-corrected chi connectivity index (χ0v) is 11.7. The SMILES string of the molecule is CCCCCOc1ccc(/C(C)=C/CC(=O)O)cc1. The molecule has 0 unspecified atom stereocenters. The van der Waals surface area contributed by atoms with Crippen LogP contribution in [0.3, 0.4) is 0 Å². The minimum Gasteiger partial charge on any atom is -0.494 e. The molecule has 3 heteroatoms. The average molecular weight is 262 g/mol. The van der Waals surface area contributed by atoms with E-state index in [1.165, 1.54) is 12.8 Å². The molecule has 1 N–H and O–H groups in total. The van der Waals surface area contributed by atoms with Crippen molar-refractivity contribution in [3.8, 4) is 5.75 Å². The Morgan fingerprint density at radius 3 is 2.53 bits per heavy atom. The summed E-state index contributed by atoms with van der Waals surface area (Å²) in [7, 11) is 0. The summed E-state index contributed by atoms with van der Waals surface area (Å²) in [4.78, 5) is 10.5. The molecule has 19 heavy (non-hydrogen) atoms. The molecule has 0 spiro atoms. The molecular weight excluding hydrogens is 240 g/mol. The molecule has 1 aromatic rings. The van der Waals surface area contributed by atoms with Gasteiger partial charge in [-0.3, -0.25) is 4.79 Å². The van der Waals surface area contributed by atoms with Crippen LogP contribution in [0.5, 0.6) is 5.75 Å². The van der Waals surface area contributed by atoms with Crippen molar-refractivity contribution in [3.63, 3.8) is 0 Å². The van der Waals surface area contributed by atoms with E-state index in [0.717, 1.165) is 29.9 Å². The van der Waals surface area contributed by atoms with E-state index in [4.69, 9.17) is 9.84 Å². The van der Waals surface area contributed by atoms with E-state index in [-0.39, 0.29) is 6.42 Å². The van der Waals surface area contributed by atoms with Gasteiger partial charge in [0.1, 0.15) is 5.75 Å². The van der Waals surface area contributed by atoms with E-state index in [2.05, 4.69) is 6.92 Å². The maximum Gasteiger partial charge on any atom is 0.307 e. The van der Waals surface area contributed by atoms with Crippen LogP contribution >= 0.6 is 0 Å². The number of hydrogen-bond donors (Lipinski definition) is 1. The van der Waals surface area contributed by atoms with E-state index in [1.807, 2.05) is 31.2 Å². The topological polar surface area (TPSA) is 46.5 Å². The molecule has 0 aromatic heterocycles. The first-order valence-electron chi connectivity index (χ1n) is 6.75. The summed E-state index contributed by atoms with van der Waals surface area (Å²) in [5.41, 5.74) is 2.00. The molecular formula is C16H22O3. The molecule has 0 atom stereocenters. The maximum absolute atomic E-state index is 10.5. The van der Waals surface area contributed by atoms with E-state index in [0.29, 0.717) is 0 Å². The normalized spacial score (nSPS) is 11.4. The van der Waals surface area contributed by atoms with Gasteiger partial charge in [0.2, 0.25) is 0 Å². The molecule has 0 bridgehead atoms. The summed E-state index contributed by atoms with van der Waals surface area (Å²) in [6.07, 6.45) is 5.24. The Balaban J connectivity index is 2.51. The first-order valence-corrected chi connectivity index (χ1v) is 6.75. The van der Waals surface area contributed by atoms with E-state index >= 15 is 0 Å². The zero-order valence-electron chi connectivity index (χ0n) is 11.7. The quantitative estimate of drug-likeness (QED) is 0.716. The zero-order chi connectivity index (χ0) is 14.1. The second-order valence-corrected chi connectivity index (χ2v) is 4.56. The Labute approximate surface area is 114 Å². The number of hydrogen-bond acceptors (Lipinski definition) is 2. The lowest BCUT2D eigenvalue weighted by molar-refractivity contribution is -0.135. The van der Waals surface area contributed by atoms with Crippen molar-refractivity contribution < 1.29 is 14.6 Å². The summed E-state index contributed by atoms with van der Waals surface area (Å²) >= 11 is 0. The monoisotopic (exact) mass is 262 g/mol. The van der Waals surface area contributed by atoms with Crippen LogP contribution < -0.4 is 4.74 Å². The minimum atomic E-state index is -0.810. The van der Waals surface area contributed by atoms with Gasteiger partial charge in [0.15, 0.2) is 0 Å². The number of benzene rings is 1. The van der Waals surface area contributed by atoms with Gasteiger partial charge in [0, 0.05) is 0 Å². The second-order valence-electron chi connectivity index (χ2n) is 4.56. The van der Waals surface area contributed by atoms with Crippen LogP contribution in [0.15, 0.2) is 30.3 Å². The van der Waals surface area contributed by atoms with Crippen LogP contribution in [-0.4, -0.2) is 17.7 Å². The summed E-state index contributed by atoms with van der Waals surface area (Å²) in [5.74, 6) is 0.0566. The number of unbranched alkanes of at least 4 members (excludes halogenated alkanes) is 2. The number of allylic oxidation sites excluding steroid dienone is 1. The van der Waals surface area contributed by atoms with Crippen molar-refractivity contribution in [1.82, 2.24) is 0 Å². The van der Waals surface area contributed by atoms with Crippen LogP contribution in [0.25, 0.3) is 5.57 Å². The Morgan fingerprint density at radius 2 is 1.95 bits per heavy atom. The van der Waals surface area contributed by atoms with Gasteiger partial charge in [-0.05, 0) is 36.6 Å². The van der Waals surface area contributed by atoms with Gasteiger partial charge in [0.05, 0.1) is 13.0 Å². The number of rotatable bonds is 8. The summed E-state index contributed by atoms with van der Waals surface area (Å²) in [6.45, 7) is 4.84.